The van der Waals surface area contributed by atoms with Gasteiger partial charge in [0.25, 0.3) is 5.91 Å². The monoisotopic (exact) mass is 388 g/mol. The van der Waals surface area contributed by atoms with Crippen LogP contribution in [0.1, 0.15) is 33.9 Å². The Morgan fingerprint density at radius 1 is 1.44 bits per heavy atom. The van der Waals surface area contributed by atoms with Crippen LogP contribution in [0.5, 0.6) is 5.75 Å². The van der Waals surface area contributed by atoms with Crippen molar-refractivity contribution in [1.29, 1.82) is 0 Å². The number of anilines is 1. The van der Waals surface area contributed by atoms with Crippen molar-refractivity contribution in [3.05, 3.63) is 39.8 Å². The summed E-state index contributed by atoms with van der Waals surface area (Å²) in [6.07, 6.45) is 2.06. The SMILES string of the molecule is COc1ccc(C)cc1NC(=O)C1CCCN1C(=O)c1csc(CCN)n1. The fourth-order valence-corrected chi connectivity index (χ4v) is 4.00. The summed E-state index contributed by atoms with van der Waals surface area (Å²) in [5.74, 6) is 0.182. The van der Waals surface area contributed by atoms with Gasteiger partial charge in [0.15, 0.2) is 0 Å². The summed E-state index contributed by atoms with van der Waals surface area (Å²) in [6.45, 7) is 2.99. The lowest BCUT2D eigenvalue weighted by atomic mass is 10.1. The van der Waals surface area contributed by atoms with Crippen molar-refractivity contribution in [2.75, 3.05) is 25.5 Å². The molecular weight excluding hydrogens is 364 g/mol. The Balaban J connectivity index is 1.74. The molecule has 2 heterocycles. The van der Waals surface area contributed by atoms with Gasteiger partial charge in [0.2, 0.25) is 5.91 Å². The molecule has 0 aliphatic carbocycles. The lowest BCUT2D eigenvalue weighted by Crippen LogP contribution is -2.43. The molecule has 7 nitrogen and oxygen atoms in total. The third-order valence-electron chi connectivity index (χ3n) is 4.56. The molecule has 0 saturated carbocycles. The molecule has 0 radical (unpaired) electrons. The van der Waals surface area contributed by atoms with Crippen LogP contribution in [0.25, 0.3) is 0 Å². The number of carbonyl (C=O) groups excluding carboxylic acids is 2. The Kier molecular flexibility index (Phi) is 6.08. The molecule has 1 aliphatic rings. The summed E-state index contributed by atoms with van der Waals surface area (Å²) in [4.78, 5) is 31.7. The topological polar surface area (TPSA) is 97.5 Å². The molecule has 2 aromatic rings. The summed E-state index contributed by atoms with van der Waals surface area (Å²) >= 11 is 1.42. The second-order valence-electron chi connectivity index (χ2n) is 6.51. The van der Waals surface area contributed by atoms with Crippen LogP contribution < -0.4 is 15.8 Å². The number of nitrogens with zero attached hydrogens (tertiary/aromatic N) is 2. The van der Waals surface area contributed by atoms with Gasteiger partial charge < -0.3 is 20.7 Å². The van der Waals surface area contributed by atoms with Crippen molar-refractivity contribution in [2.24, 2.45) is 5.73 Å². The van der Waals surface area contributed by atoms with E-state index in [1.54, 1.807) is 17.4 Å². The molecule has 1 saturated heterocycles. The minimum absolute atomic E-state index is 0.205. The Morgan fingerprint density at radius 2 is 2.26 bits per heavy atom. The number of nitrogens with two attached hydrogens (primary N) is 1. The minimum atomic E-state index is -0.512. The van der Waals surface area contributed by atoms with Crippen molar-refractivity contribution in [3.8, 4) is 5.75 Å². The molecule has 1 aromatic carbocycles. The summed E-state index contributed by atoms with van der Waals surface area (Å²) in [5.41, 5.74) is 7.56. The molecule has 1 aliphatic heterocycles. The number of methoxy groups -OCH3 is 1. The molecule has 0 bridgehead atoms. The third-order valence-corrected chi connectivity index (χ3v) is 5.47. The highest BCUT2D eigenvalue weighted by atomic mass is 32.1. The van der Waals surface area contributed by atoms with Gasteiger partial charge in [0.1, 0.15) is 17.5 Å². The second kappa shape index (κ2) is 8.49. The molecule has 27 heavy (non-hydrogen) atoms. The number of aryl methyl sites for hydroxylation is 1. The van der Waals surface area contributed by atoms with Gasteiger partial charge in [-0.1, -0.05) is 6.07 Å². The Bertz CT molecular complexity index is 836. The van der Waals surface area contributed by atoms with Crippen LogP contribution in [-0.4, -0.2) is 47.9 Å². The predicted molar refractivity (Wildman–Crippen MR) is 105 cm³/mol. The first-order valence-corrected chi connectivity index (χ1v) is 9.82. The van der Waals surface area contributed by atoms with Crippen LogP contribution in [0, 0.1) is 6.92 Å². The van der Waals surface area contributed by atoms with Gasteiger partial charge in [-0.15, -0.1) is 11.3 Å². The van der Waals surface area contributed by atoms with Gasteiger partial charge in [-0.25, -0.2) is 4.98 Å². The minimum Gasteiger partial charge on any atom is -0.495 e. The second-order valence-corrected chi connectivity index (χ2v) is 7.46. The van der Waals surface area contributed by atoms with E-state index in [1.807, 2.05) is 25.1 Å². The quantitative estimate of drug-likeness (QED) is 0.791. The van der Waals surface area contributed by atoms with Crippen LogP contribution in [0.15, 0.2) is 23.6 Å². The molecule has 1 fully saturated rings. The van der Waals surface area contributed by atoms with Gasteiger partial charge in [-0.05, 0) is 44.0 Å². The number of hydrogen-bond donors (Lipinski definition) is 2. The molecule has 3 rings (SSSR count). The van der Waals surface area contributed by atoms with Gasteiger partial charge in [-0.3, -0.25) is 9.59 Å². The normalized spacial score (nSPS) is 16.4. The number of aromatic nitrogens is 1. The van der Waals surface area contributed by atoms with Gasteiger partial charge in [-0.2, -0.15) is 0 Å². The zero-order chi connectivity index (χ0) is 19.4. The lowest BCUT2D eigenvalue weighted by molar-refractivity contribution is -0.119. The first-order chi connectivity index (χ1) is 13.0. The average molecular weight is 388 g/mol. The molecule has 1 atom stereocenters. The predicted octanol–water partition coefficient (Wildman–Crippen LogP) is 2.20. The fourth-order valence-electron chi connectivity index (χ4n) is 3.21. The largest absolute Gasteiger partial charge is 0.495 e. The smallest absolute Gasteiger partial charge is 0.274 e. The van der Waals surface area contributed by atoms with E-state index in [1.165, 1.54) is 11.3 Å². The Labute approximate surface area is 162 Å². The van der Waals surface area contributed by atoms with Crippen molar-refractivity contribution in [1.82, 2.24) is 9.88 Å². The number of ether oxygens (including phenoxy) is 1. The Hall–Kier alpha value is -2.45. The fraction of sp³-hybridized carbons (Fsp3) is 0.421. The summed E-state index contributed by atoms with van der Waals surface area (Å²) < 4.78 is 5.32. The maximum atomic E-state index is 12.9. The number of benzene rings is 1. The standard InChI is InChI=1S/C19H24N4O3S/c1-12-5-6-16(26-2)13(10-12)22-18(24)15-4-3-9-23(15)19(25)14-11-27-17(21-14)7-8-20/h5-6,10-11,15H,3-4,7-9,20H2,1-2H3,(H,22,24). The van der Waals surface area contributed by atoms with Gasteiger partial charge >= 0.3 is 0 Å². The number of rotatable bonds is 6. The van der Waals surface area contributed by atoms with Crippen molar-refractivity contribution < 1.29 is 14.3 Å². The number of amides is 2. The van der Waals surface area contributed by atoms with Crippen molar-refractivity contribution in [3.63, 3.8) is 0 Å². The molecule has 8 heteroatoms. The number of thiazole rings is 1. The molecule has 3 N–H and O–H groups in total. The summed E-state index contributed by atoms with van der Waals surface area (Å²) in [6, 6.07) is 5.08. The number of carbonyl (C=O) groups is 2. The molecule has 0 spiro atoms. The molecule has 2 amide bonds. The van der Waals surface area contributed by atoms with E-state index in [4.69, 9.17) is 10.5 Å². The average Bonchev–Trinajstić information content (AvgIpc) is 3.31. The molecular formula is C19H24N4O3S. The highest BCUT2D eigenvalue weighted by Gasteiger charge is 2.35. The van der Waals surface area contributed by atoms with E-state index < -0.39 is 6.04 Å². The van der Waals surface area contributed by atoms with E-state index in [9.17, 15) is 9.59 Å². The van der Waals surface area contributed by atoms with Crippen LogP contribution in [-0.2, 0) is 11.2 Å². The number of hydrogen-bond acceptors (Lipinski definition) is 6. The zero-order valence-electron chi connectivity index (χ0n) is 15.5. The van der Waals surface area contributed by atoms with E-state index in [0.717, 1.165) is 17.0 Å². The van der Waals surface area contributed by atoms with Crippen molar-refractivity contribution in [2.45, 2.75) is 32.2 Å². The van der Waals surface area contributed by atoms with Gasteiger partial charge in [0.05, 0.1) is 17.8 Å². The van der Waals surface area contributed by atoms with E-state index in [2.05, 4.69) is 10.3 Å². The van der Waals surface area contributed by atoms with Crippen molar-refractivity contribution >= 4 is 28.8 Å². The zero-order valence-corrected chi connectivity index (χ0v) is 16.3. The highest BCUT2D eigenvalue weighted by Crippen LogP contribution is 2.27. The highest BCUT2D eigenvalue weighted by molar-refractivity contribution is 7.09. The van der Waals surface area contributed by atoms with Crippen LogP contribution >= 0.6 is 11.3 Å². The first-order valence-electron chi connectivity index (χ1n) is 8.94. The molecule has 1 aromatic heterocycles. The van der Waals surface area contributed by atoms with E-state index >= 15 is 0 Å². The maximum absolute atomic E-state index is 12.9. The molecule has 144 valence electrons. The first kappa shape index (κ1) is 19.3. The lowest BCUT2D eigenvalue weighted by Gasteiger charge is -2.23. The summed E-state index contributed by atoms with van der Waals surface area (Å²) in [5, 5.41) is 5.49. The maximum Gasteiger partial charge on any atom is 0.274 e. The van der Waals surface area contributed by atoms with E-state index in [0.29, 0.717) is 43.1 Å². The summed E-state index contributed by atoms with van der Waals surface area (Å²) in [7, 11) is 1.56. The third kappa shape index (κ3) is 4.28. The van der Waals surface area contributed by atoms with Crippen LogP contribution in [0.4, 0.5) is 5.69 Å². The number of likely N-dealkylation sites (tertiary alicyclic amines) is 1. The van der Waals surface area contributed by atoms with Gasteiger partial charge in [0, 0.05) is 18.3 Å². The molecule has 1 unspecified atom stereocenters. The number of nitrogens with one attached hydrogen (secondary N) is 1. The van der Waals surface area contributed by atoms with Crippen LogP contribution in [0.3, 0.4) is 0 Å². The Morgan fingerprint density at radius 3 is 3.00 bits per heavy atom. The van der Waals surface area contributed by atoms with E-state index in [-0.39, 0.29) is 11.8 Å². The van der Waals surface area contributed by atoms with Crippen LogP contribution in [0.2, 0.25) is 0 Å².